The minimum Gasteiger partial charge on any atom is -0.379 e. The van der Waals surface area contributed by atoms with Gasteiger partial charge in [-0.2, -0.15) is 4.31 Å². The van der Waals surface area contributed by atoms with Crippen molar-refractivity contribution in [2.75, 3.05) is 50.8 Å². The molecule has 0 radical (unpaired) electrons. The van der Waals surface area contributed by atoms with E-state index in [2.05, 4.69) is 24.0 Å². The van der Waals surface area contributed by atoms with E-state index in [0.29, 0.717) is 23.8 Å². The molecule has 2 fully saturated rings. The number of hydrogen-bond donors (Lipinski definition) is 0. The largest absolute Gasteiger partial charge is 0.379 e. The van der Waals surface area contributed by atoms with Crippen LogP contribution in [0.1, 0.15) is 55.5 Å². The molecule has 10 heteroatoms. The van der Waals surface area contributed by atoms with Gasteiger partial charge in [0.25, 0.3) is 5.91 Å². The molecule has 3 heterocycles. The molecule has 2 aromatic carbocycles. The summed E-state index contributed by atoms with van der Waals surface area (Å²) in [5.41, 5.74) is 2.58. The molecule has 2 saturated heterocycles. The second kappa shape index (κ2) is 12.4. The lowest BCUT2D eigenvalue weighted by atomic mass is 10.1. The van der Waals surface area contributed by atoms with Crippen LogP contribution < -0.4 is 4.90 Å². The number of piperidine rings is 1. The zero-order valence-corrected chi connectivity index (χ0v) is 24.5. The molecule has 0 spiro atoms. The predicted octanol–water partition coefficient (Wildman–Crippen LogP) is 4.79. The van der Waals surface area contributed by atoms with Crippen LogP contribution in [-0.2, 0) is 21.2 Å². The van der Waals surface area contributed by atoms with Gasteiger partial charge >= 0.3 is 0 Å². The van der Waals surface area contributed by atoms with E-state index in [1.807, 2.05) is 13.0 Å². The number of ether oxygens (including phenoxy) is 1. The van der Waals surface area contributed by atoms with E-state index >= 15 is 0 Å². The smallest absolute Gasteiger partial charge is 0.260 e. The number of aryl methyl sites for hydroxylation is 1. The summed E-state index contributed by atoms with van der Waals surface area (Å²) in [6, 6.07) is 12.7. The summed E-state index contributed by atoms with van der Waals surface area (Å²) < 4.78 is 34.7. The lowest BCUT2D eigenvalue weighted by Crippen LogP contribution is -2.41. The van der Waals surface area contributed by atoms with Crippen LogP contribution in [-0.4, -0.2) is 80.5 Å². The Labute approximate surface area is 235 Å². The van der Waals surface area contributed by atoms with E-state index < -0.39 is 10.0 Å². The van der Waals surface area contributed by atoms with Gasteiger partial charge in [0.05, 0.1) is 28.3 Å². The SMILES string of the molecule is CCc1ccc2nc(N(CCCN3CCOCC3)C(=O)c3ccc(S(=O)(=O)N4CCCCC4C)cc3)sc2c1. The normalized spacial score (nSPS) is 19.4. The summed E-state index contributed by atoms with van der Waals surface area (Å²) in [5.74, 6) is -0.165. The highest BCUT2D eigenvalue weighted by atomic mass is 32.2. The monoisotopic (exact) mass is 570 g/mol. The number of morpholine rings is 1. The van der Waals surface area contributed by atoms with Crippen molar-refractivity contribution in [2.24, 2.45) is 0 Å². The van der Waals surface area contributed by atoms with Crippen molar-refractivity contribution < 1.29 is 17.9 Å². The number of anilines is 1. The Hall–Kier alpha value is -2.37. The molecule has 1 aromatic heterocycles. The lowest BCUT2D eigenvalue weighted by Gasteiger charge is -2.32. The molecule has 1 unspecified atom stereocenters. The van der Waals surface area contributed by atoms with Gasteiger partial charge in [0.15, 0.2) is 5.13 Å². The van der Waals surface area contributed by atoms with Crippen LogP contribution in [0.2, 0.25) is 0 Å². The fraction of sp³-hybridized carbons (Fsp3) is 0.517. The third-order valence-corrected chi connectivity index (χ3v) is 10.8. The summed E-state index contributed by atoms with van der Waals surface area (Å²) in [6.07, 6.45) is 4.55. The van der Waals surface area contributed by atoms with Crippen LogP contribution in [0.5, 0.6) is 0 Å². The van der Waals surface area contributed by atoms with Crippen molar-refractivity contribution in [2.45, 2.75) is 56.9 Å². The first-order valence-electron chi connectivity index (χ1n) is 14.0. The van der Waals surface area contributed by atoms with Crippen molar-refractivity contribution in [3.8, 4) is 0 Å². The number of amides is 1. The van der Waals surface area contributed by atoms with Gasteiger partial charge in [-0.1, -0.05) is 30.7 Å². The second-order valence-corrected chi connectivity index (χ2v) is 13.3. The molecule has 0 N–H and O–H groups in total. The van der Waals surface area contributed by atoms with Gasteiger partial charge in [0, 0.05) is 44.3 Å². The van der Waals surface area contributed by atoms with Crippen LogP contribution in [0.4, 0.5) is 5.13 Å². The van der Waals surface area contributed by atoms with Crippen LogP contribution >= 0.6 is 11.3 Å². The van der Waals surface area contributed by atoms with E-state index in [-0.39, 0.29) is 16.8 Å². The Morgan fingerprint density at radius 3 is 2.59 bits per heavy atom. The summed E-state index contributed by atoms with van der Waals surface area (Å²) >= 11 is 1.53. The topological polar surface area (TPSA) is 83.0 Å². The summed E-state index contributed by atoms with van der Waals surface area (Å²) in [6.45, 7) is 9.33. The van der Waals surface area contributed by atoms with Crippen molar-refractivity contribution in [1.29, 1.82) is 0 Å². The summed E-state index contributed by atoms with van der Waals surface area (Å²) in [4.78, 5) is 23.0. The first-order chi connectivity index (χ1) is 18.9. The second-order valence-electron chi connectivity index (χ2n) is 10.4. The molecule has 3 aromatic rings. The molecular weight excluding hydrogens is 532 g/mol. The Bertz CT molecular complexity index is 1380. The highest BCUT2D eigenvalue weighted by Gasteiger charge is 2.31. The van der Waals surface area contributed by atoms with Gasteiger partial charge in [0.1, 0.15) is 0 Å². The summed E-state index contributed by atoms with van der Waals surface area (Å²) in [7, 11) is -3.59. The quantitative estimate of drug-likeness (QED) is 0.368. The van der Waals surface area contributed by atoms with E-state index in [9.17, 15) is 13.2 Å². The third-order valence-electron chi connectivity index (χ3n) is 7.74. The number of sulfonamides is 1. The van der Waals surface area contributed by atoms with E-state index in [0.717, 1.165) is 75.2 Å². The molecule has 1 amide bonds. The van der Waals surface area contributed by atoms with Gasteiger partial charge < -0.3 is 4.74 Å². The first kappa shape index (κ1) is 28.2. The molecule has 0 aliphatic carbocycles. The fourth-order valence-corrected chi connectivity index (χ4v) is 8.10. The molecule has 210 valence electrons. The maximum Gasteiger partial charge on any atom is 0.260 e. The van der Waals surface area contributed by atoms with Crippen molar-refractivity contribution in [3.05, 3.63) is 53.6 Å². The Morgan fingerprint density at radius 2 is 1.87 bits per heavy atom. The van der Waals surface area contributed by atoms with Gasteiger partial charge in [-0.15, -0.1) is 0 Å². The molecule has 39 heavy (non-hydrogen) atoms. The number of carbonyl (C=O) groups excluding carboxylic acids is 1. The van der Waals surface area contributed by atoms with Crippen LogP contribution in [0, 0.1) is 0 Å². The molecule has 2 aliphatic heterocycles. The number of aromatic nitrogens is 1. The lowest BCUT2D eigenvalue weighted by molar-refractivity contribution is 0.0376. The predicted molar refractivity (Wildman–Crippen MR) is 156 cm³/mol. The number of benzene rings is 2. The van der Waals surface area contributed by atoms with Crippen molar-refractivity contribution in [1.82, 2.24) is 14.2 Å². The number of nitrogens with zero attached hydrogens (tertiary/aromatic N) is 4. The molecular formula is C29H38N4O4S2. The molecule has 0 bridgehead atoms. The number of fused-ring (bicyclic) bond motifs is 1. The van der Waals surface area contributed by atoms with E-state index in [1.165, 1.54) is 16.9 Å². The van der Waals surface area contributed by atoms with Crippen LogP contribution in [0.3, 0.4) is 0 Å². The minimum absolute atomic E-state index is 0.0146. The zero-order valence-electron chi connectivity index (χ0n) is 22.8. The average molecular weight is 571 g/mol. The standard InChI is InChI=1S/C29H38N4O4S2/c1-3-23-8-13-26-27(21-23)38-29(30-26)32(15-6-14-31-17-19-37-20-18-31)28(34)24-9-11-25(12-10-24)39(35,36)33-16-5-4-7-22(33)2/h8-13,21-22H,3-7,14-20H2,1-2H3. The highest BCUT2D eigenvalue weighted by molar-refractivity contribution is 7.89. The average Bonchev–Trinajstić information content (AvgIpc) is 3.38. The molecule has 1 atom stereocenters. The van der Waals surface area contributed by atoms with E-state index in [1.54, 1.807) is 33.5 Å². The molecule has 2 aliphatic rings. The molecule has 5 rings (SSSR count). The Balaban J connectivity index is 1.38. The number of thiazole rings is 1. The number of carbonyl (C=O) groups is 1. The minimum atomic E-state index is -3.59. The fourth-order valence-electron chi connectivity index (χ4n) is 5.34. The highest BCUT2D eigenvalue weighted by Crippen LogP contribution is 2.31. The number of rotatable bonds is 9. The van der Waals surface area contributed by atoms with Crippen LogP contribution in [0.15, 0.2) is 47.4 Å². The Kier molecular flexibility index (Phi) is 8.98. The molecule has 0 saturated carbocycles. The Morgan fingerprint density at radius 1 is 1.10 bits per heavy atom. The van der Waals surface area contributed by atoms with Crippen molar-refractivity contribution in [3.63, 3.8) is 0 Å². The van der Waals surface area contributed by atoms with Gasteiger partial charge in [-0.3, -0.25) is 14.6 Å². The van der Waals surface area contributed by atoms with E-state index in [4.69, 9.17) is 9.72 Å². The third kappa shape index (κ3) is 6.36. The van der Waals surface area contributed by atoms with Gasteiger partial charge in [0.2, 0.25) is 10.0 Å². The van der Waals surface area contributed by atoms with Gasteiger partial charge in [-0.25, -0.2) is 13.4 Å². The summed E-state index contributed by atoms with van der Waals surface area (Å²) in [5, 5.41) is 0.670. The zero-order chi connectivity index (χ0) is 27.4. The number of hydrogen-bond acceptors (Lipinski definition) is 7. The maximum absolute atomic E-state index is 13.8. The molecule has 8 nitrogen and oxygen atoms in total. The van der Waals surface area contributed by atoms with Gasteiger partial charge in [-0.05, 0) is 74.6 Å². The first-order valence-corrected chi connectivity index (χ1v) is 16.3. The van der Waals surface area contributed by atoms with Crippen molar-refractivity contribution >= 4 is 42.6 Å². The van der Waals surface area contributed by atoms with Crippen LogP contribution in [0.25, 0.3) is 10.2 Å². The maximum atomic E-state index is 13.8.